The van der Waals surface area contributed by atoms with E-state index in [0.29, 0.717) is 45.2 Å². The van der Waals surface area contributed by atoms with Crippen LogP contribution in [-0.2, 0) is 16.8 Å². The number of hydrogen-bond acceptors (Lipinski definition) is 5. The van der Waals surface area contributed by atoms with E-state index >= 15 is 0 Å². The van der Waals surface area contributed by atoms with Crippen molar-refractivity contribution >= 4 is 10.2 Å². The molecule has 148 valence electrons. The second-order valence-electron chi connectivity index (χ2n) is 6.87. The molecule has 0 atom stereocenters. The van der Waals surface area contributed by atoms with Crippen LogP contribution in [0.2, 0.25) is 0 Å². The van der Waals surface area contributed by atoms with Crippen LogP contribution in [0.5, 0.6) is 11.5 Å². The minimum absolute atomic E-state index is 0.410. The Hall–Kier alpha value is -1.35. The minimum Gasteiger partial charge on any atom is -0.493 e. The van der Waals surface area contributed by atoms with Gasteiger partial charge in [0.1, 0.15) is 0 Å². The van der Waals surface area contributed by atoms with Crippen molar-refractivity contribution in [3.05, 3.63) is 23.8 Å². The summed E-state index contributed by atoms with van der Waals surface area (Å²) < 4.78 is 39.4. The zero-order valence-corrected chi connectivity index (χ0v) is 17.0. The second-order valence-corrected chi connectivity index (χ2v) is 8.62. The Morgan fingerprint density at radius 3 is 2.42 bits per heavy atom. The molecule has 1 aliphatic heterocycles. The van der Waals surface area contributed by atoms with E-state index in [1.165, 1.54) is 4.31 Å². The van der Waals surface area contributed by atoms with Gasteiger partial charge >= 0.3 is 0 Å². The minimum atomic E-state index is -3.34. The Labute approximate surface area is 157 Å². The Balaban J connectivity index is 1.93. The van der Waals surface area contributed by atoms with Crippen LogP contribution in [-0.4, -0.2) is 64.1 Å². The third-order valence-electron chi connectivity index (χ3n) is 4.20. The molecule has 2 rings (SSSR count). The molecule has 1 aromatic carbocycles. The largest absolute Gasteiger partial charge is 0.493 e. The molecule has 1 fully saturated rings. The maximum atomic E-state index is 12.0. The van der Waals surface area contributed by atoms with Crippen LogP contribution in [0.15, 0.2) is 18.2 Å². The Bertz CT molecular complexity index is 671. The third kappa shape index (κ3) is 5.84. The van der Waals surface area contributed by atoms with Gasteiger partial charge in [-0.05, 0) is 23.6 Å². The van der Waals surface area contributed by atoms with Crippen LogP contribution in [0.3, 0.4) is 0 Å². The first kappa shape index (κ1) is 21.0. The van der Waals surface area contributed by atoms with Crippen LogP contribution in [0.4, 0.5) is 0 Å². The SMILES string of the molecule is CCNS(=O)(=O)N1CCN(Cc2ccc(OCC(C)C)c(OC)c2)CC1. The van der Waals surface area contributed by atoms with Crippen LogP contribution in [0, 0.1) is 5.92 Å². The lowest BCUT2D eigenvalue weighted by atomic mass is 10.1. The van der Waals surface area contributed by atoms with Gasteiger partial charge in [-0.15, -0.1) is 0 Å². The van der Waals surface area contributed by atoms with Crippen molar-refractivity contribution in [1.29, 1.82) is 0 Å². The highest BCUT2D eigenvalue weighted by Gasteiger charge is 2.26. The van der Waals surface area contributed by atoms with Gasteiger partial charge in [0.15, 0.2) is 11.5 Å². The van der Waals surface area contributed by atoms with Gasteiger partial charge in [0, 0.05) is 39.3 Å². The number of nitrogens with zero attached hydrogens (tertiary/aromatic N) is 2. The van der Waals surface area contributed by atoms with Gasteiger partial charge < -0.3 is 9.47 Å². The molecule has 0 bridgehead atoms. The molecule has 26 heavy (non-hydrogen) atoms. The average Bonchev–Trinajstić information content (AvgIpc) is 2.60. The van der Waals surface area contributed by atoms with Gasteiger partial charge in [-0.25, -0.2) is 4.72 Å². The molecule has 0 saturated carbocycles. The summed E-state index contributed by atoms with van der Waals surface area (Å²) in [6, 6.07) is 5.99. The highest BCUT2D eigenvalue weighted by molar-refractivity contribution is 7.87. The van der Waals surface area contributed by atoms with E-state index in [1.54, 1.807) is 14.0 Å². The van der Waals surface area contributed by atoms with Crippen molar-refractivity contribution in [3.63, 3.8) is 0 Å². The van der Waals surface area contributed by atoms with Crippen LogP contribution in [0.25, 0.3) is 0 Å². The number of ether oxygens (including phenoxy) is 2. The van der Waals surface area contributed by atoms with Gasteiger partial charge in [-0.3, -0.25) is 4.90 Å². The normalized spacial score (nSPS) is 16.8. The molecular weight excluding hydrogens is 354 g/mol. The van der Waals surface area contributed by atoms with E-state index in [4.69, 9.17) is 9.47 Å². The molecular formula is C18H31N3O4S. The molecule has 8 heteroatoms. The Morgan fingerprint density at radius 2 is 1.85 bits per heavy atom. The molecule has 1 saturated heterocycles. The van der Waals surface area contributed by atoms with E-state index in [0.717, 1.165) is 23.6 Å². The summed E-state index contributed by atoms with van der Waals surface area (Å²) in [5.74, 6) is 1.94. The molecule has 0 aliphatic carbocycles. The highest BCUT2D eigenvalue weighted by atomic mass is 32.2. The predicted octanol–water partition coefficient (Wildman–Crippen LogP) is 1.70. The molecule has 7 nitrogen and oxygen atoms in total. The fourth-order valence-electron chi connectivity index (χ4n) is 2.85. The summed E-state index contributed by atoms with van der Waals surface area (Å²) in [7, 11) is -1.69. The summed E-state index contributed by atoms with van der Waals surface area (Å²) >= 11 is 0. The number of benzene rings is 1. The molecule has 1 heterocycles. The molecule has 0 spiro atoms. The first-order valence-electron chi connectivity index (χ1n) is 9.12. The number of methoxy groups -OCH3 is 1. The van der Waals surface area contributed by atoms with Gasteiger partial charge in [0.25, 0.3) is 10.2 Å². The maximum absolute atomic E-state index is 12.0. The van der Waals surface area contributed by atoms with Crippen molar-refractivity contribution in [2.45, 2.75) is 27.3 Å². The number of hydrogen-bond donors (Lipinski definition) is 1. The predicted molar refractivity (Wildman–Crippen MR) is 103 cm³/mol. The van der Waals surface area contributed by atoms with E-state index in [9.17, 15) is 8.42 Å². The highest BCUT2D eigenvalue weighted by Crippen LogP contribution is 2.29. The molecule has 0 amide bonds. The van der Waals surface area contributed by atoms with Crippen molar-refractivity contribution < 1.29 is 17.9 Å². The van der Waals surface area contributed by atoms with Crippen LogP contribution < -0.4 is 14.2 Å². The van der Waals surface area contributed by atoms with E-state index in [2.05, 4.69) is 23.5 Å². The van der Waals surface area contributed by atoms with E-state index < -0.39 is 10.2 Å². The molecule has 0 unspecified atom stereocenters. The van der Waals surface area contributed by atoms with E-state index in [-0.39, 0.29) is 0 Å². The fourth-order valence-corrected chi connectivity index (χ4v) is 4.04. The summed E-state index contributed by atoms with van der Waals surface area (Å²) in [5, 5.41) is 0. The first-order valence-corrected chi connectivity index (χ1v) is 10.6. The standard InChI is InChI=1S/C18H31N3O4S/c1-5-19-26(22,23)21-10-8-20(9-11-21)13-16-6-7-17(18(12-16)24-4)25-14-15(2)3/h6-7,12,15,19H,5,8-11,13-14H2,1-4H3. The Morgan fingerprint density at radius 1 is 1.15 bits per heavy atom. The van der Waals surface area contributed by atoms with Crippen LogP contribution in [0.1, 0.15) is 26.3 Å². The summed E-state index contributed by atoms with van der Waals surface area (Å²) in [6.07, 6.45) is 0. The average molecular weight is 386 g/mol. The van der Waals surface area contributed by atoms with Gasteiger partial charge in [-0.2, -0.15) is 12.7 Å². The molecule has 1 aliphatic rings. The lowest BCUT2D eigenvalue weighted by molar-refractivity contribution is 0.180. The lowest BCUT2D eigenvalue weighted by Crippen LogP contribution is -2.51. The van der Waals surface area contributed by atoms with Crippen molar-refractivity contribution in [2.24, 2.45) is 5.92 Å². The molecule has 1 N–H and O–H groups in total. The second kappa shape index (κ2) is 9.55. The smallest absolute Gasteiger partial charge is 0.279 e. The monoisotopic (exact) mass is 385 g/mol. The topological polar surface area (TPSA) is 71.1 Å². The quantitative estimate of drug-likeness (QED) is 0.701. The van der Waals surface area contributed by atoms with Gasteiger partial charge in [0.05, 0.1) is 13.7 Å². The molecule has 1 aromatic rings. The number of piperazine rings is 1. The number of rotatable bonds is 9. The zero-order valence-electron chi connectivity index (χ0n) is 16.2. The van der Waals surface area contributed by atoms with Gasteiger partial charge in [0.2, 0.25) is 0 Å². The van der Waals surface area contributed by atoms with E-state index in [1.807, 2.05) is 18.2 Å². The third-order valence-corrected chi connectivity index (χ3v) is 5.90. The summed E-state index contributed by atoms with van der Waals surface area (Å²) in [5.41, 5.74) is 1.13. The van der Waals surface area contributed by atoms with Gasteiger partial charge in [-0.1, -0.05) is 26.8 Å². The van der Waals surface area contributed by atoms with Crippen LogP contribution >= 0.6 is 0 Å². The fraction of sp³-hybridized carbons (Fsp3) is 0.667. The lowest BCUT2D eigenvalue weighted by Gasteiger charge is -2.33. The van der Waals surface area contributed by atoms with Crippen molar-refractivity contribution in [2.75, 3.05) is 46.4 Å². The Kier molecular flexibility index (Phi) is 7.69. The summed E-state index contributed by atoms with van der Waals surface area (Å²) in [6.45, 7) is 10.2. The molecule has 0 radical (unpaired) electrons. The van der Waals surface area contributed by atoms with Crippen molar-refractivity contribution in [3.8, 4) is 11.5 Å². The summed E-state index contributed by atoms with van der Waals surface area (Å²) in [4.78, 5) is 2.25. The number of nitrogens with one attached hydrogen (secondary N) is 1. The van der Waals surface area contributed by atoms with Crippen molar-refractivity contribution in [1.82, 2.24) is 13.9 Å². The maximum Gasteiger partial charge on any atom is 0.279 e. The first-order chi connectivity index (χ1) is 12.4. The molecule has 0 aromatic heterocycles. The zero-order chi connectivity index (χ0) is 19.2.